The Balaban J connectivity index is 2.14. The topological polar surface area (TPSA) is 54.5 Å². The Hall–Kier alpha value is -1.39. The summed E-state index contributed by atoms with van der Waals surface area (Å²) >= 11 is 0. The summed E-state index contributed by atoms with van der Waals surface area (Å²) in [7, 11) is 1.99. The minimum atomic E-state index is 0.246. The van der Waals surface area contributed by atoms with Crippen LogP contribution in [0.25, 0.3) is 0 Å². The number of aliphatic imine (C=N–C) groups is 1. The van der Waals surface area contributed by atoms with E-state index in [9.17, 15) is 0 Å². The zero-order valence-electron chi connectivity index (χ0n) is 7.77. The van der Waals surface area contributed by atoms with E-state index < -0.39 is 0 Å². The molecule has 0 bridgehead atoms. The summed E-state index contributed by atoms with van der Waals surface area (Å²) in [5.74, 6) is 1.63. The van der Waals surface area contributed by atoms with Gasteiger partial charge in [0.15, 0.2) is 5.82 Å². The van der Waals surface area contributed by atoms with E-state index in [0.717, 1.165) is 13.1 Å². The van der Waals surface area contributed by atoms with Crippen LogP contribution in [0, 0.1) is 6.92 Å². The molecule has 1 aromatic rings. The van der Waals surface area contributed by atoms with Crippen molar-refractivity contribution in [3.05, 3.63) is 11.7 Å². The van der Waals surface area contributed by atoms with Crippen LogP contribution in [0.15, 0.2) is 9.52 Å². The van der Waals surface area contributed by atoms with E-state index in [2.05, 4.69) is 15.1 Å². The first kappa shape index (κ1) is 8.22. The van der Waals surface area contributed by atoms with Gasteiger partial charge in [-0.3, -0.25) is 4.99 Å². The number of aromatic nitrogens is 2. The minimum Gasteiger partial charge on any atom is -0.365 e. The summed E-state index contributed by atoms with van der Waals surface area (Å²) in [6, 6.07) is 0. The third kappa shape index (κ3) is 1.68. The lowest BCUT2D eigenvalue weighted by molar-refractivity contribution is 0.322. The third-order valence-corrected chi connectivity index (χ3v) is 2.01. The first-order chi connectivity index (χ1) is 6.25. The molecule has 0 aliphatic carbocycles. The van der Waals surface area contributed by atoms with Gasteiger partial charge in [0.2, 0.25) is 5.89 Å². The lowest BCUT2D eigenvalue weighted by Gasteiger charge is -2.22. The predicted octanol–water partition coefficient (Wildman–Crippen LogP) is 0.435. The maximum atomic E-state index is 5.09. The van der Waals surface area contributed by atoms with Crippen LogP contribution in [-0.4, -0.2) is 41.5 Å². The summed E-state index contributed by atoms with van der Waals surface area (Å²) in [4.78, 5) is 10.4. The van der Waals surface area contributed by atoms with Crippen molar-refractivity contribution in [3.63, 3.8) is 0 Å². The van der Waals surface area contributed by atoms with E-state index in [4.69, 9.17) is 4.52 Å². The number of hydrogen-bond acceptors (Lipinski definition) is 5. The molecule has 2 rings (SSSR count). The zero-order valence-corrected chi connectivity index (χ0v) is 7.77. The molecule has 5 nitrogen and oxygen atoms in total. The standard InChI is InChI=1S/C8H12N4O/c1-6-10-8(13-11-6)7-3-9-5-12(2)4-7/h5,7H,3-4H2,1-2H3. The van der Waals surface area contributed by atoms with Crippen LogP contribution < -0.4 is 0 Å². The van der Waals surface area contributed by atoms with E-state index in [1.54, 1.807) is 0 Å². The van der Waals surface area contributed by atoms with Crippen LogP contribution in [-0.2, 0) is 0 Å². The van der Waals surface area contributed by atoms with Crippen molar-refractivity contribution < 1.29 is 4.52 Å². The average molecular weight is 180 g/mol. The molecule has 0 spiro atoms. The lowest BCUT2D eigenvalue weighted by atomic mass is 10.1. The van der Waals surface area contributed by atoms with Crippen molar-refractivity contribution in [2.24, 2.45) is 4.99 Å². The van der Waals surface area contributed by atoms with Gasteiger partial charge in [0, 0.05) is 13.6 Å². The van der Waals surface area contributed by atoms with Gasteiger partial charge < -0.3 is 9.42 Å². The second-order valence-electron chi connectivity index (χ2n) is 3.30. The smallest absolute Gasteiger partial charge is 0.233 e. The molecule has 70 valence electrons. The van der Waals surface area contributed by atoms with Gasteiger partial charge in [0.05, 0.1) is 18.8 Å². The highest BCUT2D eigenvalue weighted by atomic mass is 16.5. The Morgan fingerprint density at radius 3 is 3.08 bits per heavy atom. The molecule has 0 N–H and O–H groups in total. The van der Waals surface area contributed by atoms with Crippen molar-refractivity contribution >= 4 is 6.34 Å². The summed E-state index contributed by atoms with van der Waals surface area (Å²) in [6.07, 6.45) is 1.83. The van der Waals surface area contributed by atoms with E-state index in [-0.39, 0.29) is 5.92 Å². The van der Waals surface area contributed by atoms with Gasteiger partial charge in [-0.15, -0.1) is 0 Å². The lowest BCUT2D eigenvalue weighted by Crippen LogP contribution is -2.29. The minimum absolute atomic E-state index is 0.246. The van der Waals surface area contributed by atoms with Crippen molar-refractivity contribution in [2.75, 3.05) is 20.1 Å². The van der Waals surface area contributed by atoms with Crippen LogP contribution in [0.4, 0.5) is 0 Å². The molecule has 0 fully saturated rings. The van der Waals surface area contributed by atoms with Gasteiger partial charge in [0.25, 0.3) is 0 Å². The monoisotopic (exact) mass is 180 g/mol. The molecular formula is C8H12N4O. The Bertz CT molecular complexity index is 320. The number of hydrogen-bond donors (Lipinski definition) is 0. The van der Waals surface area contributed by atoms with Gasteiger partial charge >= 0.3 is 0 Å². The maximum absolute atomic E-state index is 5.09. The molecule has 0 aromatic carbocycles. The van der Waals surface area contributed by atoms with Gasteiger partial charge in [-0.25, -0.2) is 0 Å². The van der Waals surface area contributed by atoms with Crippen LogP contribution in [0.3, 0.4) is 0 Å². The molecule has 1 aromatic heterocycles. The average Bonchev–Trinajstić information content (AvgIpc) is 2.52. The fraction of sp³-hybridized carbons (Fsp3) is 0.625. The first-order valence-corrected chi connectivity index (χ1v) is 4.26. The molecule has 1 unspecified atom stereocenters. The molecule has 13 heavy (non-hydrogen) atoms. The largest absolute Gasteiger partial charge is 0.365 e. The summed E-state index contributed by atoms with van der Waals surface area (Å²) in [6.45, 7) is 3.46. The van der Waals surface area contributed by atoms with Crippen LogP contribution >= 0.6 is 0 Å². The predicted molar refractivity (Wildman–Crippen MR) is 47.8 cm³/mol. The Morgan fingerprint density at radius 1 is 1.62 bits per heavy atom. The fourth-order valence-corrected chi connectivity index (χ4v) is 1.40. The zero-order chi connectivity index (χ0) is 9.26. The molecule has 0 radical (unpaired) electrons. The molecule has 5 heteroatoms. The molecular weight excluding hydrogens is 168 g/mol. The Labute approximate surface area is 76.5 Å². The molecule has 1 aliphatic heterocycles. The SMILES string of the molecule is Cc1noc(C2CN=CN(C)C2)n1. The van der Waals surface area contributed by atoms with E-state index in [1.165, 1.54) is 0 Å². The van der Waals surface area contributed by atoms with E-state index in [1.807, 2.05) is 25.2 Å². The highest BCUT2D eigenvalue weighted by Gasteiger charge is 2.21. The molecule has 0 saturated heterocycles. The van der Waals surface area contributed by atoms with Gasteiger partial charge in [-0.2, -0.15) is 4.98 Å². The first-order valence-electron chi connectivity index (χ1n) is 4.26. The van der Waals surface area contributed by atoms with Crippen molar-refractivity contribution in [2.45, 2.75) is 12.8 Å². The number of likely N-dealkylation sites (N-methyl/N-ethyl adjacent to an activating group) is 1. The van der Waals surface area contributed by atoms with Crippen LogP contribution in [0.5, 0.6) is 0 Å². The molecule has 1 atom stereocenters. The highest BCUT2D eigenvalue weighted by Crippen LogP contribution is 2.16. The van der Waals surface area contributed by atoms with Crippen LogP contribution in [0.1, 0.15) is 17.6 Å². The fourth-order valence-electron chi connectivity index (χ4n) is 1.40. The number of aryl methyl sites for hydroxylation is 1. The van der Waals surface area contributed by atoms with Gasteiger partial charge in [0.1, 0.15) is 0 Å². The second-order valence-corrected chi connectivity index (χ2v) is 3.30. The Morgan fingerprint density at radius 2 is 2.46 bits per heavy atom. The Kier molecular flexibility index (Phi) is 2.00. The normalized spacial score (nSPS) is 22.3. The van der Waals surface area contributed by atoms with Crippen molar-refractivity contribution in [1.82, 2.24) is 15.0 Å². The molecule has 0 amide bonds. The van der Waals surface area contributed by atoms with Crippen LogP contribution in [0.2, 0.25) is 0 Å². The quantitative estimate of drug-likeness (QED) is 0.629. The van der Waals surface area contributed by atoms with Crippen molar-refractivity contribution in [3.8, 4) is 0 Å². The summed E-state index contributed by atoms with van der Waals surface area (Å²) in [5, 5.41) is 3.76. The highest BCUT2D eigenvalue weighted by molar-refractivity contribution is 5.55. The number of nitrogens with zero attached hydrogens (tertiary/aromatic N) is 4. The molecule has 1 aliphatic rings. The number of rotatable bonds is 1. The van der Waals surface area contributed by atoms with Gasteiger partial charge in [-0.1, -0.05) is 5.16 Å². The van der Waals surface area contributed by atoms with E-state index in [0.29, 0.717) is 11.7 Å². The second kappa shape index (κ2) is 3.16. The summed E-state index contributed by atoms with van der Waals surface area (Å²) < 4.78 is 5.09. The molecule has 2 heterocycles. The van der Waals surface area contributed by atoms with E-state index >= 15 is 0 Å². The van der Waals surface area contributed by atoms with Gasteiger partial charge in [-0.05, 0) is 6.92 Å². The third-order valence-electron chi connectivity index (χ3n) is 2.01. The van der Waals surface area contributed by atoms with Crippen molar-refractivity contribution in [1.29, 1.82) is 0 Å². The maximum Gasteiger partial charge on any atom is 0.233 e. The summed E-state index contributed by atoms with van der Waals surface area (Å²) in [5.41, 5.74) is 0. The molecule has 0 saturated carbocycles.